The molecule has 9 rings (SSSR count). The second kappa shape index (κ2) is 20.8. The summed E-state index contributed by atoms with van der Waals surface area (Å²) in [4.78, 5) is 23.5. The SMILES string of the molecule is C=CCO[C@@]12Oc3ccc(OCc4ccccc4F)cc3[C@H]3[C@H](CCCCO)[C@@H](CCCCO)C=C(C(=NOCc4ccccc4)C[C@@H]1N(Cc1cccc4ccccc14)C(=O)C1CC1)[C@H]32. The van der Waals surface area contributed by atoms with Gasteiger partial charge in [0, 0.05) is 49.1 Å². The first kappa shape index (κ1) is 45.4. The number of halogens is 1. The van der Waals surface area contributed by atoms with Gasteiger partial charge in [0.15, 0.2) is 0 Å². The van der Waals surface area contributed by atoms with Crippen LogP contribution in [0.2, 0.25) is 0 Å². The molecule has 66 heavy (non-hydrogen) atoms. The number of oxime groups is 1. The Morgan fingerprint density at radius 1 is 0.864 bits per heavy atom. The van der Waals surface area contributed by atoms with Crippen LogP contribution in [0.15, 0.2) is 145 Å². The molecule has 4 aliphatic rings. The van der Waals surface area contributed by atoms with Crippen LogP contribution < -0.4 is 9.47 Å². The summed E-state index contributed by atoms with van der Waals surface area (Å²) in [5, 5.41) is 27.3. The molecule has 1 aliphatic heterocycles. The van der Waals surface area contributed by atoms with Crippen molar-refractivity contribution in [2.75, 3.05) is 19.8 Å². The molecule has 0 spiro atoms. The van der Waals surface area contributed by atoms with E-state index in [1.54, 1.807) is 24.3 Å². The first-order chi connectivity index (χ1) is 32.4. The molecular formula is C56H61FN2O7. The maximum atomic E-state index is 15.2. The number of benzene rings is 5. The van der Waals surface area contributed by atoms with Gasteiger partial charge in [0.25, 0.3) is 0 Å². The average Bonchev–Trinajstić information content (AvgIpc) is 4.20. The highest BCUT2D eigenvalue weighted by molar-refractivity contribution is 6.03. The van der Waals surface area contributed by atoms with E-state index in [4.69, 9.17) is 24.2 Å². The van der Waals surface area contributed by atoms with Crippen LogP contribution in [0.25, 0.3) is 10.8 Å². The standard InChI is InChI=1S/C56H61FN2O7/c1-2-31-64-56-52(59(55(62)40-25-26-40)35-42-21-14-20-39-17-6-8-22-45(39)42)34-50(58-65-36-38-15-4-3-5-16-38)47-32-41(18-10-12-29-60)46(23-11-13-30-61)53(54(47)56)48-33-44(27-28-51(48)66-56)63-37-43-19-7-9-24-49(43)57/h2-9,14-17,19-22,24,27-28,32-33,40-41,46,52-54,60-61H,1,10-13,18,23,25-26,29-31,34-37H2/t41-,46+,52-,53+,54+,56+/m0/s1. The third-order valence-electron chi connectivity index (χ3n) is 14.1. The van der Waals surface area contributed by atoms with Gasteiger partial charge in [-0.15, -0.1) is 6.58 Å². The summed E-state index contributed by atoms with van der Waals surface area (Å²) in [6.45, 7) is 5.10. The first-order valence-corrected chi connectivity index (χ1v) is 23.8. The summed E-state index contributed by atoms with van der Waals surface area (Å²) in [7, 11) is 0. The van der Waals surface area contributed by atoms with Gasteiger partial charge in [0.1, 0.15) is 36.6 Å². The second-order valence-electron chi connectivity index (χ2n) is 18.3. The van der Waals surface area contributed by atoms with E-state index in [0.717, 1.165) is 77.3 Å². The fraction of sp³-hybridized carbons (Fsp3) is 0.393. The molecule has 1 heterocycles. The number of nitrogens with zero attached hydrogens (tertiary/aromatic N) is 2. The molecule has 344 valence electrons. The molecule has 6 atom stereocenters. The molecule has 0 aromatic heterocycles. The zero-order chi connectivity index (χ0) is 45.5. The summed E-state index contributed by atoms with van der Waals surface area (Å²) in [6, 6.07) is 36.3. The molecule has 5 aromatic rings. The van der Waals surface area contributed by atoms with Crippen LogP contribution >= 0.6 is 0 Å². The van der Waals surface area contributed by atoms with Gasteiger partial charge in [0.05, 0.1) is 18.2 Å². The van der Waals surface area contributed by atoms with E-state index < -0.39 is 17.7 Å². The number of unbranched alkanes of at least 4 members (excludes halogenated alkanes) is 2. The smallest absolute Gasteiger partial charge is 0.239 e. The second-order valence-corrected chi connectivity index (χ2v) is 18.3. The third kappa shape index (κ3) is 9.55. The van der Waals surface area contributed by atoms with Gasteiger partial charge in [-0.25, -0.2) is 4.39 Å². The van der Waals surface area contributed by atoms with Gasteiger partial charge in [-0.05, 0) is 102 Å². The Hall–Kier alpha value is -5.81. The van der Waals surface area contributed by atoms with Crippen LogP contribution in [0.1, 0.15) is 86.0 Å². The molecule has 1 amide bonds. The molecular weight excluding hydrogens is 832 g/mol. The summed E-state index contributed by atoms with van der Waals surface area (Å²) in [6.07, 6.45) is 10.6. The molecule has 2 fully saturated rings. The molecule has 2 saturated carbocycles. The Bertz CT molecular complexity index is 2540. The van der Waals surface area contributed by atoms with Crippen molar-refractivity contribution in [3.8, 4) is 11.5 Å². The molecule has 2 N–H and O–H groups in total. The third-order valence-corrected chi connectivity index (χ3v) is 14.1. The number of allylic oxidation sites excluding steroid dienone is 1. The van der Waals surface area contributed by atoms with Gasteiger partial charge in [-0.1, -0.05) is 121 Å². The van der Waals surface area contributed by atoms with Crippen LogP contribution in [-0.4, -0.2) is 58.4 Å². The highest BCUT2D eigenvalue weighted by Gasteiger charge is 2.66. The molecule has 0 radical (unpaired) electrons. The largest absolute Gasteiger partial charge is 0.489 e. The average molecular weight is 893 g/mol. The topological polar surface area (TPSA) is 110 Å². The van der Waals surface area contributed by atoms with Crippen LogP contribution in [0.4, 0.5) is 4.39 Å². The Morgan fingerprint density at radius 2 is 1.61 bits per heavy atom. The summed E-state index contributed by atoms with van der Waals surface area (Å²) in [5.74, 6) is -1.17. The fourth-order valence-electron chi connectivity index (χ4n) is 10.8. The van der Waals surface area contributed by atoms with Crippen molar-refractivity contribution in [3.05, 3.63) is 168 Å². The lowest BCUT2D eigenvalue weighted by atomic mass is 9.55. The van der Waals surface area contributed by atoms with E-state index in [-0.39, 0.29) is 68.4 Å². The fourth-order valence-corrected chi connectivity index (χ4v) is 10.8. The van der Waals surface area contributed by atoms with E-state index >= 15 is 4.79 Å². The highest BCUT2D eigenvalue weighted by atomic mass is 19.1. The monoisotopic (exact) mass is 892 g/mol. The van der Waals surface area contributed by atoms with Crippen molar-refractivity contribution in [2.24, 2.45) is 28.8 Å². The van der Waals surface area contributed by atoms with Crippen molar-refractivity contribution in [2.45, 2.75) is 95.3 Å². The van der Waals surface area contributed by atoms with Gasteiger partial charge in [-0.3, -0.25) is 4.79 Å². The van der Waals surface area contributed by atoms with Crippen molar-refractivity contribution < 1.29 is 38.4 Å². The van der Waals surface area contributed by atoms with Crippen molar-refractivity contribution in [3.63, 3.8) is 0 Å². The lowest BCUT2D eigenvalue weighted by Crippen LogP contribution is -2.70. The van der Waals surface area contributed by atoms with Crippen molar-refractivity contribution in [1.82, 2.24) is 4.90 Å². The number of carbonyl (C=O) groups is 1. The van der Waals surface area contributed by atoms with Gasteiger partial charge >= 0.3 is 0 Å². The van der Waals surface area contributed by atoms with Gasteiger partial charge in [-0.2, -0.15) is 0 Å². The molecule has 5 aromatic carbocycles. The zero-order valence-electron chi connectivity index (χ0n) is 37.6. The first-order valence-electron chi connectivity index (χ1n) is 23.8. The Morgan fingerprint density at radius 3 is 2.39 bits per heavy atom. The van der Waals surface area contributed by atoms with Crippen molar-refractivity contribution >= 4 is 22.4 Å². The van der Waals surface area contributed by atoms with Crippen LogP contribution in [0, 0.1) is 29.5 Å². The maximum absolute atomic E-state index is 15.2. The number of carbonyl (C=O) groups excluding carboxylic acids is 1. The minimum Gasteiger partial charge on any atom is -0.489 e. The lowest BCUT2D eigenvalue weighted by Gasteiger charge is -2.60. The number of aliphatic hydroxyl groups excluding tert-OH is 2. The molecule has 10 heteroatoms. The number of hydrogen-bond donors (Lipinski definition) is 2. The normalized spacial score (nSPS) is 23.6. The Kier molecular flexibility index (Phi) is 14.3. The number of ether oxygens (including phenoxy) is 3. The van der Waals surface area contributed by atoms with Gasteiger partial charge < -0.3 is 34.2 Å². The Labute approximate surface area is 387 Å². The van der Waals surface area contributed by atoms with E-state index in [1.807, 2.05) is 65.6 Å². The zero-order valence-corrected chi connectivity index (χ0v) is 37.6. The number of aliphatic hydroxyl groups is 2. The summed E-state index contributed by atoms with van der Waals surface area (Å²) >= 11 is 0. The number of fused-ring (bicyclic) bond motifs is 3. The minimum atomic E-state index is -1.40. The molecule has 0 bridgehead atoms. The number of rotatable bonds is 21. The van der Waals surface area contributed by atoms with Gasteiger partial charge in [0.2, 0.25) is 11.7 Å². The maximum Gasteiger partial charge on any atom is 0.239 e. The number of hydrogen-bond acceptors (Lipinski definition) is 8. The molecule has 0 saturated heterocycles. The molecule has 9 nitrogen and oxygen atoms in total. The van der Waals surface area contributed by atoms with Crippen molar-refractivity contribution in [1.29, 1.82) is 0 Å². The van der Waals surface area contributed by atoms with E-state index in [9.17, 15) is 14.6 Å². The minimum absolute atomic E-state index is 0.0380. The van der Waals surface area contributed by atoms with Crippen LogP contribution in [-0.2, 0) is 34.1 Å². The van der Waals surface area contributed by atoms with E-state index in [2.05, 4.69) is 43.0 Å². The van der Waals surface area contributed by atoms with E-state index in [0.29, 0.717) is 42.9 Å². The summed E-state index contributed by atoms with van der Waals surface area (Å²) < 4.78 is 36.0. The lowest BCUT2D eigenvalue weighted by molar-refractivity contribution is -0.258. The Balaban J connectivity index is 1.24. The molecule has 0 unspecified atom stereocenters. The van der Waals surface area contributed by atoms with Crippen LogP contribution in [0.3, 0.4) is 0 Å². The van der Waals surface area contributed by atoms with Crippen LogP contribution in [0.5, 0.6) is 11.5 Å². The quantitative estimate of drug-likeness (QED) is 0.0429. The summed E-state index contributed by atoms with van der Waals surface area (Å²) in [5.41, 5.74) is 5.12. The molecule has 3 aliphatic carbocycles. The van der Waals surface area contributed by atoms with E-state index in [1.165, 1.54) is 6.07 Å². The predicted octanol–water partition coefficient (Wildman–Crippen LogP) is 10.8. The number of amides is 1. The predicted molar refractivity (Wildman–Crippen MR) is 254 cm³/mol. The highest BCUT2D eigenvalue weighted by Crippen LogP contribution is 2.62.